The number of allylic oxidation sites excluding steroid dienone is 2. The fourth-order valence-electron chi connectivity index (χ4n) is 2.99. The molecule has 0 atom stereocenters. The van der Waals surface area contributed by atoms with Gasteiger partial charge in [-0.3, -0.25) is 4.79 Å². The summed E-state index contributed by atoms with van der Waals surface area (Å²) in [7, 11) is 0. The molecule has 1 aromatic carbocycles. The van der Waals surface area contributed by atoms with E-state index in [-0.39, 0.29) is 36.1 Å². The van der Waals surface area contributed by atoms with Gasteiger partial charge in [0, 0.05) is 18.3 Å². The van der Waals surface area contributed by atoms with Crippen LogP contribution in [0.25, 0.3) is 11.3 Å². The molecule has 0 radical (unpaired) electrons. The SMILES string of the molecule is NC(=O)c1coc(C2=CCN(c3cn(-c4ccc(CO)cc4)nc3C(F)F)C=C2)n1. The number of rotatable bonds is 6. The number of primary amides is 1. The molecule has 4 rings (SSSR count). The monoisotopic (exact) mass is 413 g/mol. The molecule has 1 aliphatic heterocycles. The van der Waals surface area contributed by atoms with Crippen LogP contribution in [0.5, 0.6) is 0 Å². The number of nitrogens with two attached hydrogens (primary N) is 1. The van der Waals surface area contributed by atoms with E-state index in [9.17, 15) is 13.6 Å². The molecule has 0 saturated heterocycles. The third-order valence-corrected chi connectivity index (χ3v) is 4.57. The normalized spacial score (nSPS) is 13.7. The minimum atomic E-state index is -2.76. The number of anilines is 1. The maximum absolute atomic E-state index is 13.6. The highest BCUT2D eigenvalue weighted by atomic mass is 19.3. The maximum Gasteiger partial charge on any atom is 0.284 e. The van der Waals surface area contributed by atoms with E-state index in [1.54, 1.807) is 47.5 Å². The van der Waals surface area contributed by atoms with Crippen molar-refractivity contribution < 1.29 is 23.1 Å². The molecule has 3 N–H and O–H groups in total. The van der Waals surface area contributed by atoms with Crippen LogP contribution in [0.4, 0.5) is 14.5 Å². The molecule has 0 spiro atoms. The van der Waals surface area contributed by atoms with Gasteiger partial charge in [0.1, 0.15) is 6.26 Å². The van der Waals surface area contributed by atoms with E-state index in [0.717, 1.165) is 0 Å². The Morgan fingerprint density at radius 2 is 2.07 bits per heavy atom. The fourth-order valence-corrected chi connectivity index (χ4v) is 2.99. The van der Waals surface area contributed by atoms with Gasteiger partial charge in [0.15, 0.2) is 11.4 Å². The number of aromatic nitrogens is 3. The van der Waals surface area contributed by atoms with Crippen LogP contribution < -0.4 is 10.6 Å². The van der Waals surface area contributed by atoms with Crippen molar-refractivity contribution in [2.75, 3.05) is 11.4 Å². The maximum atomic E-state index is 13.6. The molecule has 154 valence electrons. The number of alkyl halides is 2. The third kappa shape index (κ3) is 3.72. The predicted molar refractivity (Wildman–Crippen MR) is 104 cm³/mol. The van der Waals surface area contributed by atoms with Crippen LogP contribution >= 0.6 is 0 Å². The molecule has 2 aromatic heterocycles. The number of halogens is 2. The average Bonchev–Trinajstić information content (AvgIpc) is 3.42. The highest BCUT2D eigenvalue weighted by Gasteiger charge is 2.24. The standard InChI is InChI=1S/C20H17F2N5O3/c21-18(22)17-16(9-27(25-17)14-3-1-12(10-28)2-4-14)26-7-5-13(6-8-26)20-24-15(11-30-20)19(23)29/h1-7,9,11,18,28H,8,10H2,(H2,23,29). The molecule has 0 saturated carbocycles. The smallest absolute Gasteiger partial charge is 0.284 e. The number of carbonyl (C=O) groups is 1. The lowest BCUT2D eigenvalue weighted by Gasteiger charge is -2.21. The first-order chi connectivity index (χ1) is 14.5. The molecule has 10 heteroatoms. The lowest BCUT2D eigenvalue weighted by Crippen LogP contribution is -2.19. The number of amides is 1. The van der Waals surface area contributed by atoms with E-state index < -0.39 is 12.3 Å². The van der Waals surface area contributed by atoms with Crippen molar-refractivity contribution in [3.8, 4) is 5.69 Å². The zero-order valence-corrected chi connectivity index (χ0v) is 15.6. The van der Waals surface area contributed by atoms with E-state index >= 15 is 0 Å². The molecule has 0 bridgehead atoms. The number of carbonyl (C=O) groups excluding carboxylic acids is 1. The van der Waals surface area contributed by atoms with Gasteiger partial charge in [-0.15, -0.1) is 0 Å². The Morgan fingerprint density at radius 3 is 2.63 bits per heavy atom. The van der Waals surface area contributed by atoms with Gasteiger partial charge in [-0.25, -0.2) is 18.4 Å². The van der Waals surface area contributed by atoms with Gasteiger partial charge in [-0.05, 0) is 23.8 Å². The zero-order chi connectivity index (χ0) is 21.3. The topological polar surface area (TPSA) is 110 Å². The van der Waals surface area contributed by atoms with E-state index in [2.05, 4.69) is 10.1 Å². The summed E-state index contributed by atoms with van der Waals surface area (Å²) >= 11 is 0. The van der Waals surface area contributed by atoms with E-state index in [1.807, 2.05) is 0 Å². The molecule has 3 heterocycles. The van der Waals surface area contributed by atoms with Gasteiger partial charge >= 0.3 is 0 Å². The van der Waals surface area contributed by atoms with Crippen LogP contribution in [-0.2, 0) is 6.61 Å². The van der Waals surface area contributed by atoms with Crippen molar-refractivity contribution in [3.05, 3.63) is 77.9 Å². The van der Waals surface area contributed by atoms with Crippen LogP contribution in [-0.4, -0.2) is 32.3 Å². The van der Waals surface area contributed by atoms with Gasteiger partial charge in [0.2, 0.25) is 5.89 Å². The van der Waals surface area contributed by atoms with Crippen LogP contribution in [0, 0.1) is 0 Å². The van der Waals surface area contributed by atoms with Gasteiger partial charge < -0.3 is 20.2 Å². The van der Waals surface area contributed by atoms with Crippen molar-refractivity contribution in [2.24, 2.45) is 5.73 Å². The molecule has 1 aliphatic rings. The average molecular weight is 413 g/mol. The number of benzene rings is 1. The lowest BCUT2D eigenvalue weighted by atomic mass is 10.1. The van der Waals surface area contributed by atoms with Gasteiger partial charge in [-0.2, -0.15) is 5.10 Å². The van der Waals surface area contributed by atoms with Crippen LogP contribution in [0.15, 0.2) is 59.5 Å². The fraction of sp³-hybridized carbons (Fsp3) is 0.150. The first-order valence-electron chi connectivity index (χ1n) is 8.95. The molecule has 0 aliphatic carbocycles. The predicted octanol–water partition coefficient (Wildman–Crippen LogP) is 2.81. The van der Waals surface area contributed by atoms with Gasteiger partial charge in [0.05, 0.1) is 24.2 Å². The number of oxazole rings is 1. The summed E-state index contributed by atoms with van der Waals surface area (Å²) in [5.41, 5.74) is 6.99. The van der Waals surface area contributed by atoms with Crippen LogP contribution in [0.2, 0.25) is 0 Å². The highest BCUT2D eigenvalue weighted by Crippen LogP contribution is 2.32. The van der Waals surface area contributed by atoms with Crippen LogP contribution in [0.3, 0.4) is 0 Å². The molecular weight excluding hydrogens is 396 g/mol. The number of aliphatic hydroxyl groups excluding tert-OH is 1. The quantitative estimate of drug-likeness (QED) is 0.643. The minimum Gasteiger partial charge on any atom is -0.444 e. The molecule has 0 fully saturated rings. The molecule has 30 heavy (non-hydrogen) atoms. The third-order valence-electron chi connectivity index (χ3n) is 4.57. The van der Waals surface area contributed by atoms with Crippen LogP contribution in [0.1, 0.15) is 34.1 Å². The number of hydrogen-bond donors (Lipinski definition) is 2. The molecule has 0 unspecified atom stereocenters. The van der Waals surface area contributed by atoms with E-state index in [0.29, 0.717) is 16.8 Å². The van der Waals surface area contributed by atoms with Crippen molar-refractivity contribution in [1.29, 1.82) is 0 Å². The van der Waals surface area contributed by atoms with E-state index in [4.69, 9.17) is 15.3 Å². The first kappa shape index (κ1) is 19.5. The van der Waals surface area contributed by atoms with Crippen molar-refractivity contribution in [2.45, 2.75) is 13.0 Å². The Balaban J connectivity index is 1.59. The second-order valence-electron chi connectivity index (χ2n) is 6.50. The Morgan fingerprint density at radius 1 is 1.30 bits per heavy atom. The Kier molecular flexibility index (Phi) is 5.15. The second-order valence-corrected chi connectivity index (χ2v) is 6.50. The number of nitrogens with zero attached hydrogens (tertiary/aromatic N) is 4. The zero-order valence-electron chi connectivity index (χ0n) is 15.6. The highest BCUT2D eigenvalue weighted by molar-refractivity contribution is 5.91. The first-order valence-corrected chi connectivity index (χ1v) is 8.95. The van der Waals surface area contributed by atoms with Gasteiger partial charge in [-0.1, -0.05) is 18.2 Å². The summed E-state index contributed by atoms with van der Waals surface area (Å²) in [4.78, 5) is 16.8. The molecular formula is C20H17F2N5O3. The molecule has 3 aromatic rings. The van der Waals surface area contributed by atoms with Crippen molar-refractivity contribution in [1.82, 2.24) is 14.8 Å². The number of aliphatic hydroxyl groups is 1. The summed E-state index contributed by atoms with van der Waals surface area (Å²) in [6, 6.07) is 6.79. The molecule has 8 nitrogen and oxygen atoms in total. The Bertz CT molecular complexity index is 1130. The minimum absolute atomic E-state index is 0.00945. The van der Waals surface area contributed by atoms with Crippen molar-refractivity contribution >= 4 is 17.2 Å². The summed E-state index contributed by atoms with van der Waals surface area (Å²) in [6.45, 7) is 0.167. The largest absolute Gasteiger partial charge is 0.444 e. The molecule has 1 amide bonds. The Labute approximate surface area is 169 Å². The second kappa shape index (κ2) is 7.91. The summed E-state index contributed by atoms with van der Waals surface area (Å²) in [6.07, 6.45) is 4.92. The summed E-state index contributed by atoms with van der Waals surface area (Å²) in [5.74, 6) is -0.485. The summed E-state index contributed by atoms with van der Waals surface area (Å²) in [5, 5.41) is 13.2. The van der Waals surface area contributed by atoms with Crippen molar-refractivity contribution in [3.63, 3.8) is 0 Å². The van der Waals surface area contributed by atoms with Gasteiger partial charge in [0.25, 0.3) is 12.3 Å². The number of hydrogen-bond acceptors (Lipinski definition) is 6. The lowest BCUT2D eigenvalue weighted by molar-refractivity contribution is 0.0995. The summed E-state index contributed by atoms with van der Waals surface area (Å²) < 4.78 is 33.8. The Hall–Kier alpha value is -3.79. The van der Waals surface area contributed by atoms with E-state index in [1.165, 1.54) is 17.1 Å².